The standard InChI is InChI=1S/C11H13NO2/c13-11(14)9-12-8-4-7-10-5-2-1-3-6-10/h1-7,12H,8-9H2,(H,13,14)/p-1/b7-4+. The van der Waals surface area contributed by atoms with Crippen LogP contribution in [0.3, 0.4) is 0 Å². The van der Waals surface area contributed by atoms with Crippen molar-refractivity contribution < 1.29 is 9.90 Å². The second-order valence-electron chi connectivity index (χ2n) is 2.82. The number of rotatable bonds is 5. The van der Waals surface area contributed by atoms with E-state index < -0.39 is 5.97 Å². The summed E-state index contributed by atoms with van der Waals surface area (Å²) >= 11 is 0. The molecule has 3 heteroatoms. The molecular weight excluding hydrogens is 178 g/mol. The molecule has 1 rings (SSSR count). The highest BCUT2D eigenvalue weighted by Crippen LogP contribution is 1.99. The molecule has 0 aromatic heterocycles. The van der Waals surface area contributed by atoms with E-state index in [-0.39, 0.29) is 6.54 Å². The smallest absolute Gasteiger partial charge is 0.0552 e. The van der Waals surface area contributed by atoms with Gasteiger partial charge in [-0.1, -0.05) is 42.5 Å². The molecule has 0 heterocycles. The Balaban J connectivity index is 2.25. The number of carboxylic acid groups (broad SMARTS) is 1. The lowest BCUT2D eigenvalue weighted by molar-refractivity contribution is -0.304. The van der Waals surface area contributed by atoms with Gasteiger partial charge < -0.3 is 15.2 Å². The molecule has 0 aliphatic rings. The summed E-state index contributed by atoms with van der Waals surface area (Å²) < 4.78 is 0. The van der Waals surface area contributed by atoms with Crippen molar-refractivity contribution in [2.24, 2.45) is 0 Å². The molecule has 0 spiro atoms. The maximum absolute atomic E-state index is 10.0. The fourth-order valence-corrected chi connectivity index (χ4v) is 1.02. The Labute approximate surface area is 83.1 Å². The molecule has 1 aromatic rings. The summed E-state index contributed by atoms with van der Waals surface area (Å²) in [5.74, 6) is -1.09. The van der Waals surface area contributed by atoms with Crippen LogP contribution < -0.4 is 10.4 Å². The monoisotopic (exact) mass is 190 g/mol. The average Bonchev–Trinajstić information content (AvgIpc) is 2.18. The van der Waals surface area contributed by atoms with Gasteiger partial charge in [-0.25, -0.2) is 0 Å². The Bertz CT molecular complexity index is 306. The molecule has 0 atom stereocenters. The summed E-state index contributed by atoms with van der Waals surface area (Å²) in [6, 6.07) is 9.82. The van der Waals surface area contributed by atoms with Crippen LogP contribution in [0.4, 0.5) is 0 Å². The predicted octanol–water partition coefficient (Wildman–Crippen LogP) is 0.0393. The van der Waals surface area contributed by atoms with Crippen LogP contribution in [0.5, 0.6) is 0 Å². The number of hydrogen-bond donors (Lipinski definition) is 1. The Morgan fingerprint density at radius 2 is 2.07 bits per heavy atom. The highest BCUT2D eigenvalue weighted by atomic mass is 16.4. The first kappa shape index (κ1) is 10.5. The first-order valence-corrected chi connectivity index (χ1v) is 4.41. The minimum Gasteiger partial charge on any atom is -0.549 e. The molecule has 0 aliphatic carbocycles. The minimum atomic E-state index is -1.09. The molecule has 0 aliphatic heterocycles. The lowest BCUT2D eigenvalue weighted by Gasteiger charge is -2.00. The topological polar surface area (TPSA) is 52.2 Å². The quantitative estimate of drug-likeness (QED) is 0.667. The van der Waals surface area contributed by atoms with Crippen molar-refractivity contribution in [1.29, 1.82) is 0 Å². The number of hydrogen-bond acceptors (Lipinski definition) is 3. The number of nitrogens with one attached hydrogen (secondary N) is 1. The molecule has 0 fully saturated rings. The van der Waals surface area contributed by atoms with Gasteiger partial charge >= 0.3 is 0 Å². The van der Waals surface area contributed by atoms with Crippen molar-refractivity contribution in [3.05, 3.63) is 42.0 Å². The minimum absolute atomic E-state index is 0.112. The zero-order valence-corrected chi connectivity index (χ0v) is 7.77. The van der Waals surface area contributed by atoms with Gasteiger partial charge in [-0.2, -0.15) is 0 Å². The average molecular weight is 190 g/mol. The molecule has 74 valence electrons. The van der Waals surface area contributed by atoms with Crippen molar-refractivity contribution in [2.75, 3.05) is 13.1 Å². The van der Waals surface area contributed by atoms with Gasteiger partial charge in [0.1, 0.15) is 0 Å². The molecular formula is C11H12NO2-. The Morgan fingerprint density at radius 3 is 2.71 bits per heavy atom. The third kappa shape index (κ3) is 4.42. The summed E-state index contributed by atoms with van der Waals surface area (Å²) in [6.07, 6.45) is 3.81. The van der Waals surface area contributed by atoms with Crippen LogP contribution in [0.1, 0.15) is 5.56 Å². The van der Waals surface area contributed by atoms with Crippen molar-refractivity contribution in [1.82, 2.24) is 5.32 Å². The normalized spacial score (nSPS) is 10.6. The van der Waals surface area contributed by atoms with Gasteiger partial charge in [0, 0.05) is 13.1 Å². The Hall–Kier alpha value is -1.61. The highest BCUT2D eigenvalue weighted by molar-refractivity contribution is 5.66. The van der Waals surface area contributed by atoms with Crippen molar-refractivity contribution in [3.8, 4) is 0 Å². The van der Waals surface area contributed by atoms with Crippen molar-refractivity contribution in [3.63, 3.8) is 0 Å². The third-order valence-electron chi connectivity index (χ3n) is 1.64. The molecule has 0 saturated heterocycles. The van der Waals surface area contributed by atoms with E-state index in [9.17, 15) is 9.90 Å². The van der Waals surface area contributed by atoms with E-state index in [0.29, 0.717) is 6.54 Å². The summed E-state index contributed by atoms with van der Waals surface area (Å²) in [5.41, 5.74) is 1.10. The summed E-state index contributed by atoms with van der Waals surface area (Å²) in [6.45, 7) is 0.419. The summed E-state index contributed by atoms with van der Waals surface area (Å²) in [4.78, 5) is 10.0. The number of carbonyl (C=O) groups is 1. The van der Waals surface area contributed by atoms with Crippen LogP contribution in [-0.2, 0) is 4.79 Å². The highest BCUT2D eigenvalue weighted by Gasteiger charge is 1.84. The number of carbonyl (C=O) groups excluding carboxylic acids is 1. The Kier molecular flexibility index (Phi) is 4.44. The first-order valence-electron chi connectivity index (χ1n) is 4.41. The van der Waals surface area contributed by atoms with Crippen molar-refractivity contribution >= 4 is 12.0 Å². The van der Waals surface area contributed by atoms with E-state index >= 15 is 0 Å². The van der Waals surface area contributed by atoms with Gasteiger partial charge in [0.15, 0.2) is 0 Å². The first-order chi connectivity index (χ1) is 6.79. The van der Waals surface area contributed by atoms with Gasteiger partial charge in [-0.05, 0) is 5.56 Å². The molecule has 1 aromatic carbocycles. The van der Waals surface area contributed by atoms with Crippen LogP contribution in [-0.4, -0.2) is 19.1 Å². The van der Waals surface area contributed by atoms with Gasteiger partial charge in [-0.15, -0.1) is 0 Å². The summed E-state index contributed by atoms with van der Waals surface area (Å²) in [5, 5.41) is 12.7. The lowest BCUT2D eigenvalue weighted by atomic mass is 10.2. The maximum atomic E-state index is 10.0. The van der Waals surface area contributed by atoms with Gasteiger partial charge in [0.25, 0.3) is 0 Å². The van der Waals surface area contributed by atoms with Gasteiger partial charge in [0.05, 0.1) is 5.97 Å². The molecule has 0 radical (unpaired) electrons. The predicted molar refractivity (Wildman–Crippen MR) is 53.4 cm³/mol. The molecule has 0 unspecified atom stereocenters. The SMILES string of the molecule is O=C([O-])CNC/C=C/c1ccccc1. The van der Waals surface area contributed by atoms with E-state index in [0.717, 1.165) is 5.56 Å². The lowest BCUT2D eigenvalue weighted by Crippen LogP contribution is -2.34. The van der Waals surface area contributed by atoms with Crippen LogP contribution in [0.25, 0.3) is 6.08 Å². The largest absolute Gasteiger partial charge is 0.549 e. The van der Waals surface area contributed by atoms with Gasteiger partial charge in [0.2, 0.25) is 0 Å². The van der Waals surface area contributed by atoms with E-state index in [4.69, 9.17) is 0 Å². The molecule has 3 nitrogen and oxygen atoms in total. The number of carboxylic acids is 1. The van der Waals surface area contributed by atoms with E-state index in [1.165, 1.54) is 0 Å². The number of aliphatic carboxylic acids is 1. The van der Waals surface area contributed by atoms with E-state index in [2.05, 4.69) is 5.32 Å². The summed E-state index contributed by atoms with van der Waals surface area (Å²) in [7, 11) is 0. The van der Waals surface area contributed by atoms with Crippen LogP contribution >= 0.6 is 0 Å². The molecule has 14 heavy (non-hydrogen) atoms. The maximum Gasteiger partial charge on any atom is 0.0552 e. The second-order valence-corrected chi connectivity index (χ2v) is 2.82. The second kappa shape index (κ2) is 5.94. The molecule has 1 N–H and O–H groups in total. The van der Waals surface area contributed by atoms with E-state index in [1.54, 1.807) is 0 Å². The third-order valence-corrected chi connectivity index (χ3v) is 1.64. The van der Waals surface area contributed by atoms with Crippen molar-refractivity contribution in [2.45, 2.75) is 0 Å². The fraction of sp³-hybridized carbons (Fsp3) is 0.182. The van der Waals surface area contributed by atoms with E-state index in [1.807, 2.05) is 42.5 Å². The zero-order valence-electron chi connectivity index (χ0n) is 7.77. The zero-order chi connectivity index (χ0) is 10.2. The fourth-order valence-electron chi connectivity index (χ4n) is 1.02. The van der Waals surface area contributed by atoms with Crippen LogP contribution in [0, 0.1) is 0 Å². The molecule has 0 bridgehead atoms. The molecule has 0 amide bonds. The van der Waals surface area contributed by atoms with Gasteiger partial charge in [-0.3, -0.25) is 0 Å². The number of benzene rings is 1. The van der Waals surface area contributed by atoms with Crippen LogP contribution in [0.2, 0.25) is 0 Å². The Morgan fingerprint density at radius 1 is 1.36 bits per heavy atom. The van der Waals surface area contributed by atoms with Crippen LogP contribution in [0.15, 0.2) is 36.4 Å². The molecule has 0 saturated carbocycles.